The van der Waals surface area contributed by atoms with E-state index in [2.05, 4.69) is 4.74 Å². The van der Waals surface area contributed by atoms with Crippen LogP contribution in [0.4, 0.5) is 0 Å². The second kappa shape index (κ2) is 4.50. The summed E-state index contributed by atoms with van der Waals surface area (Å²) in [6.07, 6.45) is -0.649. The molecule has 4 nitrogen and oxygen atoms in total. The first-order valence-corrected chi connectivity index (χ1v) is 4.17. The van der Waals surface area contributed by atoms with E-state index in [1.807, 2.05) is 0 Å². The fourth-order valence-electron chi connectivity index (χ4n) is 0.943. The molecule has 0 amide bonds. The minimum Gasteiger partial charge on any atom is -0.508 e. The van der Waals surface area contributed by atoms with Gasteiger partial charge >= 0.3 is 5.97 Å². The second-order valence-corrected chi connectivity index (χ2v) is 2.78. The zero-order valence-corrected chi connectivity index (χ0v) is 8.06. The zero-order valence-electron chi connectivity index (χ0n) is 8.06. The average Bonchev–Trinajstić information content (AvgIpc) is 2.20. The summed E-state index contributed by atoms with van der Waals surface area (Å²) in [5.41, 5.74) is 0. The molecule has 0 bridgehead atoms. The van der Waals surface area contributed by atoms with E-state index in [-0.39, 0.29) is 5.75 Å². The van der Waals surface area contributed by atoms with Crippen LogP contribution in [0.15, 0.2) is 24.3 Å². The van der Waals surface area contributed by atoms with E-state index in [0.717, 1.165) is 0 Å². The maximum atomic E-state index is 11.0. The Morgan fingerprint density at radius 2 is 1.93 bits per heavy atom. The number of esters is 1. The van der Waals surface area contributed by atoms with Crippen molar-refractivity contribution in [2.75, 3.05) is 7.11 Å². The fourth-order valence-corrected chi connectivity index (χ4v) is 0.943. The van der Waals surface area contributed by atoms with Crippen LogP contribution in [0.3, 0.4) is 0 Å². The van der Waals surface area contributed by atoms with E-state index >= 15 is 0 Å². The molecule has 0 fully saturated rings. The van der Waals surface area contributed by atoms with E-state index < -0.39 is 12.1 Å². The lowest BCUT2D eigenvalue weighted by atomic mass is 10.3. The summed E-state index contributed by atoms with van der Waals surface area (Å²) in [4.78, 5) is 11.0. The highest BCUT2D eigenvalue weighted by atomic mass is 16.6. The number of phenolic OH excluding ortho intramolecular Hbond substituents is 1. The van der Waals surface area contributed by atoms with Gasteiger partial charge in [-0.15, -0.1) is 0 Å². The standard InChI is InChI=1S/C10H12O4/c1-7(10(12)13-2)14-9-5-3-8(11)4-6-9/h3-7,11H,1-2H3/t7-/m0/s1. The predicted molar refractivity (Wildman–Crippen MR) is 50.2 cm³/mol. The molecule has 0 aliphatic carbocycles. The second-order valence-electron chi connectivity index (χ2n) is 2.78. The van der Waals surface area contributed by atoms with Gasteiger partial charge in [0.25, 0.3) is 0 Å². The van der Waals surface area contributed by atoms with Gasteiger partial charge in [0.05, 0.1) is 7.11 Å². The van der Waals surface area contributed by atoms with Crippen LogP contribution in [0.5, 0.6) is 11.5 Å². The molecule has 0 aliphatic heterocycles. The third kappa shape index (κ3) is 2.65. The van der Waals surface area contributed by atoms with Crippen LogP contribution in [0.2, 0.25) is 0 Å². The Labute approximate surface area is 82.1 Å². The molecule has 14 heavy (non-hydrogen) atoms. The number of aromatic hydroxyl groups is 1. The van der Waals surface area contributed by atoms with Crippen molar-refractivity contribution >= 4 is 5.97 Å². The predicted octanol–water partition coefficient (Wildman–Crippen LogP) is 1.33. The molecule has 76 valence electrons. The van der Waals surface area contributed by atoms with Crippen molar-refractivity contribution in [3.05, 3.63) is 24.3 Å². The van der Waals surface area contributed by atoms with Gasteiger partial charge in [-0.2, -0.15) is 0 Å². The topological polar surface area (TPSA) is 55.8 Å². The SMILES string of the molecule is COC(=O)[C@H](C)Oc1ccc(O)cc1. The summed E-state index contributed by atoms with van der Waals surface area (Å²) < 4.78 is 9.73. The summed E-state index contributed by atoms with van der Waals surface area (Å²) in [5.74, 6) is 0.238. The highest BCUT2D eigenvalue weighted by molar-refractivity contribution is 5.74. The van der Waals surface area contributed by atoms with Crippen LogP contribution in [-0.4, -0.2) is 24.3 Å². The lowest BCUT2D eigenvalue weighted by molar-refractivity contribution is -0.147. The van der Waals surface area contributed by atoms with Gasteiger partial charge < -0.3 is 14.6 Å². The number of benzene rings is 1. The van der Waals surface area contributed by atoms with Crippen molar-refractivity contribution in [2.24, 2.45) is 0 Å². The Balaban J connectivity index is 2.60. The average molecular weight is 196 g/mol. The number of ether oxygens (including phenoxy) is 2. The first-order valence-electron chi connectivity index (χ1n) is 4.17. The third-order valence-corrected chi connectivity index (χ3v) is 1.68. The number of rotatable bonds is 3. The van der Waals surface area contributed by atoms with Gasteiger partial charge in [0.2, 0.25) is 0 Å². The van der Waals surface area contributed by atoms with Crippen molar-refractivity contribution in [3.8, 4) is 11.5 Å². The van der Waals surface area contributed by atoms with Crippen LogP contribution in [0, 0.1) is 0 Å². The van der Waals surface area contributed by atoms with E-state index in [1.165, 1.54) is 19.2 Å². The molecule has 0 aromatic heterocycles. The van der Waals surface area contributed by atoms with Crippen LogP contribution in [0.1, 0.15) is 6.92 Å². The first kappa shape index (κ1) is 10.4. The van der Waals surface area contributed by atoms with Crippen LogP contribution in [-0.2, 0) is 9.53 Å². The van der Waals surface area contributed by atoms with E-state index in [0.29, 0.717) is 5.75 Å². The van der Waals surface area contributed by atoms with Crippen molar-refractivity contribution in [1.29, 1.82) is 0 Å². The summed E-state index contributed by atoms with van der Waals surface area (Å²) in [5, 5.41) is 9.00. The van der Waals surface area contributed by atoms with E-state index in [4.69, 9.17) is 9.84 Å². The Morgan fingerprint density at radius 3 is 2.43 bits per heavy atom. The minimum atomic E-state index is -0.649. The fraction of sp³-hybridized carbons (Fsp3) is 0.300. The Morgan fingerprint density at radius 1 is 1.36 bits per heavy atom. The van der Waals surface area contributed by atoms with Crippen molar-refractivity contribution in [2.45, 2.75) is 13.0 Å². The van der Waals surface area contributed by atoms with Gasteiger partial charge in [-0.1, -0.05) is 0 Å². The molecular formula is C10H12O4. The summed E-state index contributed by atoms with van der Waals surface area (Å²) in [6.45, 7) is 1.60. The molecule has 1 aromatic carbocycles. The number of carbonyl (C=O) groups is 1. The van der Waals surface area contributed by atoms with Gasteiger partial charge in [0.1, 0.15) is 11.5 Å². The molecule has 1 aromatic rings. The summed E-state index contributed by atoms with van der Waals surface area (Å²) >= 11 is 0. The highest BCUT2D eigenvalue weighted by Crippen LogP contribution is 2.17. The summed E-state index contributed by atoms with van der Waals surface area (Å²) in [6, 6.07) is 6.13. The molecule has 0 saturated heterocycles. The van der Waals surface area contributed by atoms with Gasteiger partial charge in [0, 0.05) is 0 Å². The quantitative estimate of drug-likeness (QED) is 0.741. The molecule has 0 radical (unpaired) electrons. The number of hydrogen-bond acceptors (Lipinski definition) is 4. The van der Waals surface area contributed by atoms with Gasteiger partial charge in [0.15, 0.2) is 6.10 Å². The normalized spacial score (nSPS) is 11.9. The van der Waals surface area contributed by atoms with Crippen LogP contribution < -0.4 is 4.74 Å². The zero-order chi connectivity index (χ0) is 10.6. The minimum absolute atomic E-state index is 0.156. The number of methoxy groups -OCH3 is 1. The number of hydrogen-bond donors (Lipinski definition) is 1. The van der Waals surface area contributed by atoms with Crippen molar-refractivity contribution in [3.63, 3.8) is 0 Å². The molecular weight excluding hydrogens is 184 g/mol. The highest BCUT2D eigenvalue weighted by Gasteiger charge is 2.14. The van der Waals surface area contributed by atoms with E-state index in [9.17, 15) is 4.79 Å². The molecule has 4 heteroatoms. The molecule has 1 atom stereocenters. The molecule has 0 heterocycles. The van der Waals surface area contributed by atoms with Crippen molar-refractivity contribution in [1.82, 2.24) is 0 Å². The lowest BCUT2D eigenvalue weighted by Crippen LogP contribution is -2.24. The largest absolute Gasteiger partial charge is 0.508 e. The van der Waals surface area contributed by atoms with Gasteiger partial charge in [-0.3, -0.25) is 0 Å². The Bertz CT molecular complexity index is 304. The molecule has 1 N–H and O–H groups in total. The Hall–Kier alpha value is -1.71. The maximum Gasteiger partial charge on any atom is 0.346 e. The molecule has 0 unspecified atom stereocenters. The summed E-state index contributed by atoms with van der Waals surface area (Å²) in [7, 11) is 1.30. The molecule has 0 aliphatic rings. The van der Waals surface area contributed by atoms with Crippen LogP contribution >= 0.6 is 0 Å². The maximum absolute atomic E-state index is 11.0. The first-order chi connectivity index (χ1) is 6.63. The monoisotopic (exact) mass is 196 g/mol. The molecule has 1 rings (SSSR count). The number of phenols is 1. The lowest BCUT2D eigenvalue weighted by Gasteiger charge is -2.11. The van der Waals surface area contributed by atoms with Crippen LogP contribution in [0.25, 0.3) is 0 Å². The molecule has 0 spiro atoms. The smallest absolute Gasteiger partial charge is 0.346 e. The Kier molecular flexibility index (Phi) is 3.34. The number of carbonyl (C=O) groups excluding carboxylic acids is 1. The van der Waals surface area contributed by atoms with Crippen molar-refractivity contribution < 1.29 is 19.4 Å². The molecule has 0 saturated carbocycles. The van der Waals surface area contributed by atoms with Gasteiger partial charge in [-0.25, -0.2) is 4.79 Å². The van der Waals surface area contributed by atoms with Gasteiger partial charge in [-0.05, 0) is 31.2 Å². The van der Waals surface area contributed by atoms with E-state index in [1.54, 1.807) is 19.1 Å². The third-order valence-electron chi connectivity index (χ3n) is 1.68.